The number of carbonyl (C=O) groups excluding carboxylic acids is 1. The third kappa shape index (κ3) is 4.75. The second kappa shape index (κ2) is 7.86. The lowest BCUT2D eigenvalue weighted by Crippen LogP contribution is -2.13. The first kappa shape index (κ1) is 17.8. The number of hydrogen-bond donors (Lipinski definition) is 1. The van der Waals surface area contributed by atoms with Gasteiger partial charge in [0.15, 0.2) is 0 Å². The molecule has 0 unspecified atom stereocenters. The SMILES string of the molecule is CCCCc1ccccc1C(=O)ONc1cccc(C(F)(F)F)c1. The molecule has 0 radical (unpaired) electrons. The molecule has 0 fully saturated rings. The van der Waals surface area contributed by atoms with E-state index in [1.807, 2.05) is 12.1 Å². The molecule has 6 heteroatoms. The first-order valence-electron chi connectivity index (χ1n) is 7.64. The Bertz CT molecular complexity index is 699. The van der Waals surface area contributed by atoms with Crippen molar-refractivity contribution in [2.45, 2.75) is 32.4 Å². The van der Waals surface area contributed by atoms with Crippen LogP contribution in [0.2, 0.25) is 0 Å². The summed E-state index contributed by atoms with van der Waals surface area (Å²) in [6.45, 7) is 2.05. The zero-order valence-electron chi connectivity index (χ0n) is 13.2. The van der Waals surface area contributed by atoms with Gasteiger partial charge in [0.05, 0.1) is 16.8 Å². The molecule has 24 heavy (non-hydrogen) atoms. The molecular weight excluding hydrogens is 319 g/mol. The zero-order valence-corrected chi connectivity index (χ0v) is 13.2. The van der Waals surface area contributed by atoms with E-state index < -0.39 is 17.7 Å². The summed E-state index contributed by atoms with van der Waals surface area (Å²) in [6, 6.07) is 11.5. The molecule has 0 aromatic heterocycles. The molecule has 0 saturated heterocycles. The van der Waals surface area contributed by atoms with Gasteiger partial charge in [0.2, 0.25) is 0 Å². The number of unbranched alkanes of at least 4 members (excludes halogenated alkanes) is 1. The molecule has 2 rings (SSSR count). The van der Waals surface area contributed by atoms with Crippen LogP contribution in [0.5, 0.6) is 0 Å². The summed E-state index contributed by atoms with van der Waals surface area (Å²) in [6.07, 6.45) is -1.78. The molecule has 2 aromatic carbocycles. The molecule has 0 saturated carbocycles. The molecule has 0 atom stereocenters. The number of hydrogen-bond acceptors (Lipinski definition) is 3. The molecule has 0 spiro atoms. The summed E-state index contributed by atoms with van der Waals surface area (Å²) in [5, 5.41) is 0. The number of rotatable bonds is 6. The van der Waals surface area contributed by atoms with E-state index in [0.717, 1.165) is 37.0 Å². The second-order valence-electron chi connectivity index (χ2n) is 5.33. The molecular formula is C18H18F3NO2. The van der Waals surface area contributed by atoms with Crippen molar-refractivity contribution in [3.8, 4) is 0 Å². The Morgan fingerprint density at radius 1 is 1.12 bits per heavy atom. The first-order chi connectivity index (χ1) is 11.4. The van der Waals surface area contributed by atoms with Gasteiger partial charge < -0.3 is 4.84 Å². The van der Waals surface area contributed by atoms with Crippen LogP contribution < -0.4 is 5.48 Å². The van der Waals surface area contributed by atoms with Crippen LogP contribution in [0, 0.1) is 0 Å². The highest BCUT2D eigenvalue weighted by molar-refractivity contribution is 5.91. The molecule has 0 aliphatic carbocycles. The van der Waals surface area contributed by atoms with E-state index in [9.17, 15) is 18.0 Å². The summed E-state index contributed by atoms with van der Waals surface area (Å²) in [4.78, 5) is 17.1. The normalized spacial score (nSPS) is 11.2. The van der Waals surface area contributed by atoms with E-state index in [4.69, 9.17) is 4.84 Å². The summed E-state index contributed by atoms with van der Waals surface area (Å²) >= 11 is 0. The first-order valence-corrected chi connectivity index (χ1v) is 7.64. The molecule has 0 bridgehead atoms. The highest BCUT2D eigenvalue weighted by Gasteiger charge is 2.30. The van der Waals surface area contributed by atoms with Crippen LogP contribution in [-0.4, -0.2) is 5.97 Å². The van der Waals surface area contributed by atoms with Crippen molar-refractivity contribution in [3.05, 3.63) is 65.2 Å². The molecule has 128 valence electrons. The predicted molar refractivity (Wildman–Crippen MR) is 85.5 cm³/mol. The fourth-order valence-electron chi connectivity index (χ4n) is 2.22. The Hall–Kier alpha value is -2.50. The fraction of sp³-hybridized carbons (Fsp3) is 0.278. The maximum absolute atomic E-state index is 12.7. The molecule has 0 amide bonds. The van der Waals surface area contributed by atoms with Gasteiger partial charge in [0, 0.05) is 0 Å². The number of benzene rings is 2. The predicted octanol–water partition coefficient (Wildman–Crippen LogP) is 5.23. The van der Waals surface area contributed by atoms with E-state index in [0.29, 0.717) is 5.56 Å². The molecule has 2 aromatic rings. The van der Waals surface area contributed by atoms with Gasteiger partial charge in [0.1, 0.15) is 0 Å². The van der Waals surface area contributed by atoms with Gasteiger partial charge in [-0.25, -0.2) is 10.3 Å². The van der Waals surface area contributed by atoms with Crippen LogP contribution in [0.4, 0.5) is 18.9 Å². The topological polar surface area (TPSA) is 38.3 Å². The minimum Gasteiger partial charge on any atom is -0.338 e. The average Bonchev–Trinajstić information content (AvgIpc) is 2.57. The van der Waals surface area contributed by atoms with Gasteiger partial charge in [-0.1, -0.05) is 37.6 Å². The van der Waals surface area contributed by atoms with E-state index in [1.165, 1.54) is 12.1 Å². The van der Waals surface area contributed by atoms with Gasteiger partial charge in [-0.15, -0.1) is 0 Å². The number of halogens is 3. The third-order valence-electron chi connectivity index (χ3n) is 3.49. The maximum atomic E-state index is 12.7. The number of aryl methyl sites for hydroxylation is 1. The lowest BCUT2D eigenvalue weighted by Gasteiger charge is -2.12. The Labute approximate surface area is 138 Å². The highest BCUT2D eigenvalue weighted by atomic mass is 19.4. The van der Waals surface area contributed by atoms with Gasteiger partial charge in [-0.05, 0) is 42.7 Å². The Kier molecular flexibility index (Phi) is 5.84. The Morgan fingerprint density at radius 2 is 1.88 bits per heavy atom. The minimum atomic E-state index is -4.45. The smallest absolute Gasteiger partial charge is 0.338 e. The number of carbonyl (C=O) groups is 1. The molecule has 3 nitrogen and oxygen atoms in total. The van der Waals surface area contributed by atoms with Crippen LogP contribution in [-0.2, 0) is 17.4 Å². The highest BCUT2D eigenvalue weighted by Crippen LogP contribution is 2.30. The minimum absolute atomic E-state index is 0.0595. The maximum Gasteiger partial charge on any atom is 0.416 e. The second-order valence-corrected chi connectivity index (χ2v) is 5.33. The number of alkyl halides is 3. The molecule has 0 aliphatic rings. The third-order valence-corrected chi connectivity index (χ3v) is 3.49. The van der Waals surface area contributed by atoms with E-state index in [1.54, 1.807) is 12.1 Å². The van der Waals surface area contributed by atoms with Gasteiger partial charge in [-0.3, -0.25) is 0 Å². The van der Waals surface area contributed by atoms with Crippen molar-refractivity contribution in [2.24, 2.45) is 0 Å². The lowest BCUT2D eigenvalue weighted by molar-refractivity contribution is -0.137. The number of anilines is 1. The van der Waals surface area contributed by atoms with Crippen LogP contribution in [0.1, 0.15) is 41.3 Å². The summed E-state index contributed by atoms with van der Waals surface area (Å²) < 4.78 is 38.0. The van der Waals surface area contributed by atoms with Crippen molar-refractivity contribution >= 4 is 11.7 Å². The fourth-order valence-corrected chi connectivity index (χ4v) is 2.22. The van der Waals surface area contributed by atoms with Crippen molar-refractivity contribution in [1.29, 1.82) is 0 Å². The van der Waals surface area contributed by atoms with Crippen LogP contribution in [0.15, 0.2) is 48.5 Å². The monoisotopic (exact) mass is 337 g/mol. The lowest BCUT2D eigenvalue weighted by atomic mass is 10.0. The van der Waals surface area contributed by atoms with Gasteiger partial charge in [0.25, 0.3) is 0 Å². The van der Waals surface area contributed by atoms with Gasteiger partial charge >= 0.3 is 12.1 Å². The van der Waals surface area contributed by atoms with Gasteiger partial charge in [-0.2, -0.15) is 13.2 Å². The van der Waals surface area contributed by atoms with E-state index >= 15 is 0 Å². The Morgan fingerprint density at radius 3 is 2.58 bits per heavy atom. The van der Waals surface area contributed by atoms with Crippen LogP contribution in [0.3, 0.4) is 0 Å². The zero-order chi connectivity index (χ0) is 17.6. The number of nitrogens with one attached hydrogen (secondary N) is 1. The van der Waals surface area contributed by atoms with E-state index in [2.05, 4.69) is 12.4 Å². The van der Waals surface area contributed by atoms with Crippen molar-refractivity contribution < 1.29 is 22.8 Å². The summed E-state index contributed by atoms with van der Waals surface area (Å²) in [7, 11) is 0. The van der Waals surface area contributed by atoms with Crippen LogP contribution in [0.25, 0.3) is 0 Å². The Balaban J connectivity index is 2.06. The summed E-state index contributed by atoms with van der Waals surface area (Å²) in [5.41, 5.74) is 2.80. The van der Waals surface area contributed by atoms with E-state index in [-0.39, 0.29) is 5.69 Å². The standard InChI is InChI=1S/C18H18F3NO2/c1-2-3-7-13-8-4-5-11-16(13)17(23)24-22-15-10-6-9-14(12-15)18(19,20)21/h4-6,8-12,22H,2-3,7H2,1H3. The summed E-state index contributed by atoms with van der Waals surface area (Å²) in [5.74, 6) is -0.626. The van der Waals surface area contributed by atoms with Crippen molar-refractivity contribution in [3.63, 3.8) is 0 Å². The van der Waals surface area contributed by atoms with Crippen molar-refractivity contribution in [1.82, 2.24) is 0 Å². The molecule has 0 heterocycles. The molecule has 0 aliphatic heterocycles. The van der Waals surface area contributed by atoms with Crippen LogP contribution >= 0.6 is 0 Å². The molecule has 1 N–H and O–H groups in total. The van der Waals surface area contributed by atoms with Crippen molar-refractivity contribution in [2.75, 3.05) is 5.48 Å². The largest absolute Gasteiger partial charge is 0.416 e. The average molecular weight is 337 g/mol. The quantitative estimate of drug-likeness (QED) is 0.733.